The zero-order chi connectivity index (χ0) is 9.14. The smallest absolute Gasteiger partial charge is 0.312 e. The summed E-state index contributed by atoms with van der Waals surface area (Å²) in [6.45, 7) is 4.05. The molecule has 0 aliphatic heterocycles. The molecule has 13 heavy (non-hydrogen) atoms. The molecule has 1 aliphatic rings. The maximum absolute atomic E-state index is 8.57. The normalized spacial score (nSPS) is 21.2. The van der Waals surface area contributed by atoms with Gasteiger partial charge in [0.25, 0.3) is 0 Å². The van der Waals surface area contributed by atoms with Crippen molar-refractivity contribution in [2.75, 3.05) is 0 Å². The first-order valence-electron chi connectivity index (χ1n) is 4.06. The minimum atomic E-state index is -0.241. The third kappa shape index (κ3) is 2.28. The molecule has 1 aliphatic carbocycles. The fraction of sp³-hybridized carbons (Fsp3) is 0.444. The summed E-state index contributed by atoms with van der Waals surface area (Å²) < 4.78 is 0. The first-order valence-corrected chi connectivity index (χ1v) is 4.06. The molecule has 0 amide bonds. The number of allylic oxidation sites excluding steroid dienone is 2. The molecule has 3 nitrogen and oxygen atoms in total. The van der Waals surface area contributed by atoms with E-state index in [1.807, 2.05) is 13.0 Å². The van der Waals surface area contributed by atoms with Crippen LogP contribution >= 0.6 is 12.4 Å². The summed E-state index contributed by atoms with van der Waals surface area (Å²) in [4.78, 5) is 3.12. The predicted molar refractivity (Wildman–Crippen MR) is 56.0 cm³/mol. The Kier molecular flexibility index (Phi) is 4.63. The van der Waals surface area contributed by atoms with E-state index < -0.39 is 0 Å². The van der Waals surface area contributed by atoms with Gasteiger partial charge in [0, 0.05) is 6.08 Å². The van der Waals surface area contributed by atoms with Gasteiger partial charge in [0.05, 0.1) is 0 Å². The average molecular weight is 200 g/mol. The molecule has 0 spiro atoms. The molecule has 1 unspecified atom stereocenters. The lowest BCUT2D eigenvalue weighted by atomic mass is 9.92. The SMILES string of the molecule is CCC1=C(C)C(N)C(=[N+]=[N-])C=C1.Cl. The van der Waals surface area contributed by atoms with Crippen LogP contribution in [0, 0.1) is 0 Å². The lowest BCUT2D eigenvalue weighted by Crippen LogP contribution is -2.33. The molecular formula is C9H14ClN3. The summed E-state index contributed by atoms with van der Waals surface area (Å²) >= 11 is 0. The van der Waals surface area contributed by atoms with Crippen LogP contribution in [0.15, 0.2) is 23.3 Å². The van der Waals surface area contributed by atoms with E-state index in [4.69, 9.17) is 11.3 Å². The van der Waals surface area contributed by atoms with Gasteiger partial charge in [-0.15, -0.1) is 12.4 Å². The highest BCUT2D eigenvalue weighted by atomic mass is 35.5. The zero-order valence-electron chi connectivity index (χ0n) is 7.82. The highest BCUT2D eigenvalue weighted by Gasteiger charge is 2.23. The van der Waals surface area contributed by atoms with E-state index in [2.05, 4.69) is 11.7 Å². The molecule has 4 heteroatoms. The van der Waals surface area contributed by atoms with Crippen molar-refractivity contribution in [1.82, 2.24) is 0 Å². The second-order valence-electron chi connectivity index (χ2n) is 2.90. The summed E-state index contributed by atoms with van der Waals surface area (Å²) in [5.41, 5.74) is 17.2. The fourth-order valence-electron chi connectivity index (χ4n) is 1.33. The summed E-state index contributed by atoms with van der Waals surface area (Å²) in [6.07, 6.45) is 4.68. The van der Waals surface area contributed by atoms with Gasteiger partial charge in [0.1, 0.15) is 6.04 Å². The van der Waals surface area contributed by atoms with Crippen molar-refractivity contribution in [2.45, 2.75) is 26.3 Å². The molecular weight excluding hydrogens is 186 g/mol. The van der Waals surface area contributed by atoms with Gasteiger partial charge in [-0.3, -0.25) is 0 Å². The van der Waals surface area contributed by atoms with Crippen LogP contribution in [0.1, 0.15) is 20.3 Å². The summed E-state index contributed by atoms with van der Waals surface area (Å²) in [5, 5.41) is 0. The van der Waals surface area contributed by atoms with Crippen LogP contribution in [0.4, 0.5) is 0 Å². The molecule has 0 saturated heterocycles. The molecule has 72 valence electrons. The quantitative estimate of drug-likeness (QED) is 0.507. The van der Waals surface area contributed by atoms with Crippen molar-refractivity contribution in [3.05, 3.63) is 28.8 Å². The van der Waals surface area contributed by atoms with Crippen LogP contribution in [-0.4, -0.2) is 16.5 Å². The number of halogens is 1. The predicted octanol–water partition coefficient (Wildman–Crippen LogP) is 1.70. The van der Waals surface area contributed by atoms with Crippen LogP contribution in [0.2, 0.25) is 0 Å². The van der Waals surface area contributed by atoms with E-state index in [1.165, 1.54) is 5.57 Å². The number of hydrogen-bond donors (Lipinski definition) is 1. The van der Waals surface area contributed by atoms with Gasteiger partial charge < -0.3 is 11.3 Å². The number of rotatable bonds is 1. The van der Waals surface area contributed by atoms with Gasteiger partial charge in [-0.1, -0.05) is 13.0 Å². The van der Waals surface area contributed by atoms with E-state index in [0.717, 1.165) is 12.0 Å². The van der Waals surface area contributed by atoms with Gasteiger partial charge >= 0.3 is 5.71 Å². The topological polar surface area (TPSA) is 62.4 Å². The van der Waals surface area contributed by atoms with Crippen LogP contribution in [-0.2, 0) is 0 Å². The van der Waals surface area contributed by atoms with E-state index in [0.29, 0.717) is 5.71 Å². The molecule has 0 heterocycles. The Morgan fingerprint density at radius 2 is 2.15 bits per heavy atom. The third-order valence-corrected chi connectivity index (χ3v) is 2.24. The number of hydrogen-bond acceptors (Lipinski definition) is 1. The summed E-state index contributed by atoms with van der Waals surface area (Å²) in [7, 11) is 0. The Morgan fingerprint density at radius 1 is 1.54 bits per heavy atom. The van der Waals surface area contributed by atoms with E-state index in [1.54, 1.807) is 6.08 Å². The maximum atomic E-state index is 8.57. The molecule has 0 bridgehead atoms. The standard InChI is InChI=1S/C9H13N3.ClH/c1-3-7-4-5-8(12-11)9(10)6(7)2;/h4-5,9H,3,10H2,1-2H3;1H. The molecule has 2 N–H and O–H groups in total. The van der Waals surface area contributed by atoms with Crippen molar-refractivity contribution in [2.24, 2.45) is 5.73 Å². The van der Waals surface area contributed by atoms with Gasteiger partial charge in [0.2, 0.25) is 0 Å². The minimum Gasteiger partial charge on any atom is -0.361 e. The monoisotopic (exact) mass is 199 g/mol. The summed E-state index contributed by atoms with van der Waals surface area (Å²) in [6, 6.07) is -0.241. The highest BCUT2D eigenvalue weighted by Crippen LogP contribution is 2.17. The minimum absolute atomic E-state index is 0. The second kappa shape index (κ2) is 4.97. The second-order valence-corrected chi connectivity index (χ2v) is 2.90. The molecule has 1 atom stereocenters. The van der Waals surface area contributed by atoms with Gasteiger partial charge in [-0.25, -0.2) is 0 Å². The first-order chi connectivity index (χ1) is 5.70. The maximum Gasteiger partial charge on any atom is 0.312 e. The van der Waals surface area contributed by atoms with Crippen LogP contribution < -0.4 is 5.73 Å². The zero-order valence-corrected chi connectivity index (χ0v) is 8.64. The molecule has 1 rings (SSSR count). The average Bonchev–Trinajstić information content (AvgIpc) is 2.10. The van der Waals surface area contributed by atoms with E-state index in [9.17, 15) is 0 Å². The van der Waals surface area contributed by atoms with Crippen molar-refractivity contribution in [3.8, 4) is 0 Å². The first kappa shape index (κ1) is 12.1. The molecule has 0 radical (unpaired) electrons. The van der Waals surface area contributed by atoms with Crippen molar-refractivity contribution >= 4 is 18.1 Å². The Bertz CT molecular complexity index is 298. The Labute approximate surface area is 84.3 Å². The highest BCUT2D eigenvalue weighted by molar-refractivity contribution is 5.98. The largest absolute Gasteiger partial charge is 0.361 e. The van der Waals surface area contributed by atoms with Gasteiger partial charge in [0.15, 0.2) is 0 Å². The molecule has 0 aromatic rings. The number of nitrogens with zero attached hydrogens (tertiary/aromatic N) is 2. The number of nitrogens with two attached hydrogens (primary N) is 1. The molecule has 0 fully saturated rings. The Hall–Kier alpha value is -0.890. The molecule has 0 saturated carbocycles. The third-order valence-electron chi connectivity index (χ3n) is 2.24. The molecule has 0 aromatic carbocycles. The van der Waals surface area contributed by atoms with Crippen molar-refractivity contribution in [3.63, 3.8) is 0 Å². The van der Waals surface area contributed by atoms with Crippen LogP contribution in [0.5, 0.6) is 0 Å². The van der Waals surface area contributed by atoms with Crippen molar-refractivity contribution < 1.29 is 4.79 Å². The van der Waals surface area contributed by atoms with Gasteiger partial charge in [-0.2, -0.15) is 4.79 Å². The Morgan fingerprint density at radius 3 is 2.62 bits per heavy atom. The lowest BCUT2D eigenvalue weighted by Gasteiger charge is -2.14. The van der Waals surface area contributed by atoms with E-state index in [-0.39, 0.29) is 18.4 Å². The summed E-state index contributed by atoms with van der Waals surface area (Å²) in [5.74, 6) is 0. The molecule has 0 aromatic heterocycles. The van der Waals surface area contributed by atoms with Crippen LogP contribution in [0.3, 0.4) is 0 Å². The van der Waals surface area contributed by atoms with Crippen LogP contribution in [0.25, 0.3) is 5.53 Å². The van der Waals surface area contributed by atoms with E-state index >= 15 is 0 Å². The lowest BCUT2D eigenvalue weighted by molar-refractivity contribution is -0.00697. The van der Waals surface area contributed by atoms with Crippen molar-refractivity contribution in [1.29, 1.82) is 0 Å². The van der Waals surface area contributed by atoms with Gasteiger partial charge in [-0.05, 0) is 24.5 Å². The fourth-order valence-corrected chi connectivity index (χ4v) is 1.33. The Balaban J connectivity index is 0.00000144.